The van der Waals surface area contributed by atoms with Gasteiger partial charge in [0.05, 0.1) is 17.2 Å². The highest BCUT2D eigenvalue weighted by Crippen LogP contribution is 2.20. The van der Waals surface area contributed by atoms with E-state index in [4.69, 9.17) is 8.83 Å². The summed E-state index contributed by atoms with van der Waals surface area (Å²) in [6.07, 6.45) is 1.50. The number of furan rings is 1. The molecule has 0 fully saturated rings. The number of rotatable bonds is 1. The molecule has 0 aliphatic rings. The van der Waals surface area contributed by atoms with Gasteiger partial charge >= 0.3 is 5.63 Å². The van der Waals surface area contributed by atoms with Gasteiger partial charge in [-0.05, 0) is 30.3 Å². The molecular weight excluding hydrogens is 286 g/mol. The molecule has 17 heavy (non-hydrogen) atoms. The molecule has 4 nitrogen and oxygen atoms in total. The Bertz CT molecular complexity index is 731. The highest BCUT2D eigenvalue weighted by molar-refractivity contribution is 9.10. The molecule has 0 radical (unpaired) electrons. The quantitative estimate of drug-likeness (QED) is 0.691. The van der Waals surface area contributed by atoms with E-state index in [1.54, 1.807) is 24.3 Å². The van der Waals surface area contributed by atoms with Crippen molar-refractivity contribution in [3.8, 4) is 11.7 Å². The standard InChI is InChI=1S/C12H6BrNO3/c13-7-3-4-9-8(6-7)12(15)17-11(14-9)10-2-1-5-16-10/h1-6H. The van der Waals surface area contributed by atoms with Crippen LogP contribution in [0.25, 0.3) is 22.6 Å². The van der Waals surface area contributed by atoms with E-state index in [2.05, 4.69) is 20.9 Å². The van der Waals surface area contributed by atoms with Gasteiger partial charge in [-0.25, -0.2) is 9.78 Å². The second kappa shape index (κ2) is 3.85. The van der Waals surface area contributed by atoms with Crippen molar-refractivity contribution < 1.29 is 8.83 Å². The Labute approximate surface area is 104 Å². The highest BCUT2D eigenvalue weighted by Gasteiger charge is 2.10. The summed E-state index contributed by atoms with van der Waals surface area (Å²) in [7, 11) is 0. The second-order valence-electron chi connectivity index (χ2n) is 3.45. The van der Waals surface area contributed by atoms with Crippen LogP contribution in [0.15, 0.2) is 54.7 Å². The fourth-order valence-electron chi connectivity index (χ4n) is 1.55. The van der Waals surface area contributed by atoms with Crippen LogP contribution in [-0.2, 0) is 0 Å². The van der Waals surface area contributed by atoms with Crippen LogP contribution in [-0.4, -0.2) is 4.98 Å². The van der Waals surface area contributed by atoms with Crippen molar-refractivity contribution in [2.24, 2.45) is 0 Å². The number of halogens is 1. The maximum atomic E-state index is 11.8. The molecule has 0 saturated carbocycles. The van der Waals surface area contributed by atoms with Gasteiger partial charge in [0.1, 0.15) is 0 Å². The Hall–Kier alpha value is -1.88. The molecule has 0 spiro atoms. The van der Waals surface area contributed by atoms with Crippen molar-refractivity contribution in [1.82, 2.24) is 4.98 Å². The van der Waals surface area contributed by atoms with E-state index >= 15 is 0 Å². The minimum Gasteiger partial charge on any atom is -0.459 e. The number of nitrogens with zero attached hydrogens (tertiary/aromatic N) is 1. The number of fused-ring (bicyclic) bond motifs is 1. The van der Waals surface area contributed by atoms with Crippen LogP contribution < -0.4 is 5.63 Å². The largest absolute Gasteiger partial charge is 0.459 e. The molecule has 84 valence electrons. The van der Waals surface area contributed by atoms with Gasteiger partial charge in [-0.2, -0.15) is 0 Å². The first-order valence-corrected chi connectivity index (χ1v) is 5.67. The van der Waals surface area contributed by atoms with Crippen LogP contribution in [0.4, 0.5) is 0 Å². The summed E-state index contributed by atoms with van der Waals surface area (Å²) < 4.78 is 11.1. The summed E-state index contributed by atoms with van der Waals surface area (Å²) in [6, 6.07) is 8.66. The predicted molar refractivity (Wildman–Crippen MR) is 65.7 cm³/mol. The molecule has 0 amide bonds. The average Bonchev–Trinajstić information content (AvgIpc) is 2.83. The summed E-state index contributed by atoms with van der Waals surface area (Å²) >= 11 is 3.30. The first-order valence-electron chi connectivity index (χ1n) is 4.88. The lowest BCUT2D eigenvalue weighted by molar-refractivity contribution is 0.482. The number of aromatic nitrogens is 1. The predicted octanol–water partition coefficient (Wildman–Crippen LogP) is 3.21. The maximum absolute atomic E-state index is 11.8. The Balaban J connectivity index is 2.32. The maximum Gasteiger partial charge on any atom is 0.347 e. The van der Waals surface area contributed by atoms with E-state index in [1.165, 1.54) is 6.26 Å². The van der Waals surface area contributed by atoms with Gasteiger partial charge < -0.3 is 8.83 Å². The van der Waals surface area contributed by atoms with Gasteiger partial charge in [-0.1, -0.05) is 15.9 Å². The van der Waals surface area contributed by atoms with Gasteiger partial charge in [0.15, 0.2) is 5.76 Å². The number of benzene rings is 1. The van der Waals surface area contributed by atoms with Crippen LogP contribution in [0.5, 0.6) is 0 Å². The highest BCUT2D eigenvalue weighted by atomic mass is 79.9. The van der Waals surface area contributed by atoms with Crippen molar-refractivity contribution in [2.45, 2.75) is 0 Å². The summed E-state index contributed by atoms with van der Waals surface area (Å²) in [5.41, 5.74) is 0.151. The van der Waals surface area contributed by atoms with Gasteiger partial charge in [0.25, 0.3) is 5.89 Å². The van der Waals surface area contributed by atoms with Crippen molar-refractivity contribution in [2.75, 3.05) is 0 Å². The normalized spacial score (nSPS) is 10.9. The second-order valence-corrected chi connectivity index (χ2v) is 4.36. The summed E-state index contributed by atoms with van der Waals surface area (Å²) in [6.45, 7) is 0. The first kappa shape index (κ1) is 10.3. The molecule has 3 rings (SSSR count). The van der Waals surface area contributed by atoms with Crippen LogP contribution >= 0.6 is 15.9 Å². The smallest absolute Gasteiger partial charge is 0.347 e. The fraction of sp³-hybridized carbons (Fsp3) is 0. The zero-order valence-corrected chi connectivity index (χ0v) is 10.1. The minimum atomic E-state index is -0.428. The van der Waals surface area contributed by atoms with Crippen LogP contribution in [0.2, 0.25) is 0 Å². The van der Waals surface area contributed by atoms with Crippen molar-refractivity contribution >= 4 is 26.8 Å². The van der Waals surface area contributed by atoms with Gasteiger partial charge in [-0.3, -0.25) is 0 Å². The van der Waals surface area contributed by atoms with Crippen LogP contribution in [0.3, 0.4) is 0 Å². The molecule has 0 bridgehead atoms. The first-order chi connectivity index (χ1) is 8.24. The molecule has 3 aromatic rings. The van der Waals surface area contributed by atoms with E-state index in [-0.39, 0.29) is 5.89 Å². The number of hydrogen-bond acceptors (Lipinski definition) is 4. The third-order valence-corrected chi connectivity index (χ3v) is 2.82. The molecule has 0 atom stereocenters. The Morgan fingerprint density at radius 3 is 2.88 bits per heavy atom. The fourth-order valence-corrected chi connectivity index (χ4v) is 1.91. The molecule has 0 aliphatic carbocycles. The molecule has 2 heterocycles. The Kier molecular flexibility index (Phi) is 2.33. The van der Waals surface area contributed by atoms with E-state index in [9.17, 15) is 4.79 Å². The van der Waals surface area contributed by atoms with Gasteiger partial charge in [-0.15, -0.1) is 0 Å². The molecule has 0 aliphatic heterocycles. The van der Waals surface area contributed by atoms with E-state index in [1.807, 2.05) is 6.07 Å². The van der Waals surface area contributed by atoms with E-state index in [0.717, 1.165) is 4.47 Å². The summed E-state index contributed by atoms with van der Waals surface area (Å²) in [5.74, 6) is 0.627. The van der Waals surface area contributed by atoms with Crippen molar-refractivity contribution in [3.63, 3.8) is 0 Å². The lowest BCUT2D eigenvalue weighted by Gasteiger charge is -1.99. The van der Waals surface area contributed by atoms with Crippen molar-refractivity contribution in [1.29, 1.82) is 0 Å². The van der Waals surface area contributed by atoms with E-state index in [0.29, 0.717) is 16.7 Å². The third-order valence-electron chi connectivity index (χ3n) is 2.32. The summed E-state index contributed by atoms with van der Waals surface area (Å²) in [4.78, 5) is 16.0. The SMILES string of the molecule is O=c1oc(-c2ccco2)nc2ccc(Br)cc12. The molecule has 0 N–H and O–H groups in total. The molecule has 1 aromatic carbocycles. The third kappa shape index (κ3) is 1.78. The van der Waals surface area contributed by atoms with Gasteiger partial charge in [0.2, 0.25) is 0 Å². The monoisotopic (exact) mass is 291 g/mol. The summed E-state index contributed by atoms with van der Waals surface area (Å²) in [5, 5.41) is 0.440. The molecule has 2 aromatic heterocycles. The van der Waals surface area contributed by atoms with Gasteiger partial charge in [0, 0.05) is 4.47 Å². The lowest BCUT2D eigenvalue weighted by Crippen LogP contribution is -2.02. The molecule has 0 unspecified atom stereocenters. The molecule has 5 heteroatoms. The topological polar surface area (TPSA) is 56.2 Å². The Morgan fingerprint density at radius 2 is 2.12 bits per heavy atom. The minimum absolute atomic E-state index is 0.190. The Morgan fingerprint density at radius 1 is 1.24 bits per heavy atom. The van der Waals surface area contributed by atoms with Crippen LogP contribution in [0, 0.1) is 0 Å². The lowest BCUT2D eigenvalue weighted by atomic mass is 10.2. The molecule has 0 saturated heterocycles. The van der Waals surface area contributed by atoms with Crippen molar-refractivity contribution in [3.05, 3.63) is 51.5 Å². The zero-order chi connectivity index (χ0) is 11.8. The average molecular weight is 292 g/mol. The van der Waals surface area contributed by atoms with E-state index < -0.39 is 5.63 Å². The van der Waals surface area contributed by atoms with Crippen LogP contribution in [0.1, 0.15) is 0 Å². The zero-order valence-electron chi connectivity index (χ0n) is 8.51. The number of hydrogen-bond donors (Lipinski definition) is 0. The molecular formula is C12H6BrNO3.